The number of carbonyl (C=O) groups excluding carboxylic acids is 2. The summed E-state index contributed by atoms with van der Waals surface area (Å²) in [7, 11) is 1.35. The number of benzene rings is 2. The summed E-state index contributed by atoms with van der Waals surface area (Å²) in [5.41, 5.74) is 4.14. The number of urea groups is 1. The molecule has 8 heteroatoms. The molecular weight excluding hydrogens is 428 g/mol. The minimum Gasteiger partial charge on any atom is -0.466 e. The van der Waals surface area contributed by atoms with Crippen LogP contribution >= 0.6 is 11.6 Å². The Morgan fingerprint density at radius 3 is 2.50 bits per heavy atom. The molecule has 0 bridgehead atoms. The fraction of sp³-hybridized carbons (Fsp3) is 0.333. The van der Waals surface area contributed by atoms with Gasteiger partial charge in [-0.3, -0.25) is 4.90 Å². The number of hydrogen-bond acceptors (Lipinski definition) is 5. The van der Waals surface area contributed by atoms with Crippen LogP contribution < -0.4 is 15.5 Å². The van der Waals surface area contributed by atoms with Crippen LogP contribution in [0.5, 0.6) is 0 Å². The number of rotatable bonds is 5. The van der Waals surface area contributed by atoms with Crippen LogP contribution in [0.1, 0.15) is 17.2 Å². The minimum absolute atomic E-state index is 0.351. The highest BCUT2D eigenvalue weighted by Crippen LogP contribution is 2.29. The molecule has 0 radical (unpaired) electrons. The lowest BCUT2D eigenvalue weighted by Gasteiger charge is -2.38. The van der Waals surface area contributed by atoms with Crippen LogP contribution in [-0.2, 0) is 9.53 Å². The molecule has 32 heavy (non-hydrogen) atoms. The molecule has 0 aromatic heterocycles. The van der Waals surface area contributed by atoms with Crippen molar-refractivity contribution in [1.82, 2.24) is 15.5 Å². The lowest BCUT2D eigenvalue weighted by Crippen LogP contribution is -2.51. The molecule has 1 fully saturated rings. The van der Waals surface area contributed by atoms with Gasteiger partial charge < -0.3 is 20.3 Å². The first-order valence-corrected chi connectivity index (χ1v) is 11.0. The van der Waals surface area contributed by atoms with Gasteiger partial charge in [-0.1, -0.05) is 41.4 Å². The molecule has 2 heterocycles. The van der Waals surface area contributed by atoms with E-state index < -0.39 is 12.0 Å². The van der Waals surface area contributed by atoms with E-state index in [1.165, 1.54) is 18.4 Å². The molecule has 2 aliphatic rings. The molecular formula is C24H27ClN4O3. The predicted octanol–water partition coefficient (Wildman–Crippen LogP) is 3.25. The monoisotopic (exact) mass is 454 g/mol. The fourth-order valence-electron chi connectivity index (χ4n) is 4.17. The zero-order chi connectivity index (χ0) is 22.7. The summed E-state index contributed by atoms with van der Waals surface area (Å²) in [5.74, 6) is -0.476. The van der Waals surface area contributed by atoms with E-state index >= 15 is 0 Å². The number of anilines is 1. The number of nitrogens with one attached hydrogen (secondary N) is 2. The lowest BCUT2D eigenvalue weighted by atomic mass is 9.95. The highest BCUT2D eigenvalue weighted by Gasteiger charge is 2.34. The van der Waals surface area contributed by atoms with Crippen molar-refractivity contribution in [2.24, 2.45) is 0 Å². The van der Waals surface area contributed by atoms with Crippen LogP contribution in [0, 0.1) is 6.92 Å². The zero-order valence-electron chi connectivity index (χ0n) is 18.2. The van der Waals surface area contributed by atoms with Crippen LogP contribution in [-0.4, -0.2) is 56.7 Å². The van der Waals surface area contributed by atoms with Gasteiger partial charge in [0.15, 0.2) is 0 Å². The van der Waals surface area contributed by atoms with Gasteiger partial charge in [-0.2, -0.15) is 0 Å². The molecule has 2 aromatic rings. The zero-order valence-corrected chi connectivity index (χ0v) is 19.0. The number of amides is 2. The third-order valence-electron chi connectivity index (χ3n) is 5.89. The first kappa shape index (κ1) is 22.2. The molecule has 2 aromatic carbocycles. The standard InChI is InChI=1S/C24H27ClN4O3/c1-16-6-8-19(9-7-16)29-12-10-28(11-13-29)15-20-21(23(30)32-2)22(27-24(31)26-20)17-4-3-5-18(25)14-17/h3-9,14,22H,10-13,15H2,1-2H3,(H2,26,27,31)/t22-/m0/s1. The summed E-state index contributed by atoms with van der Waals surface area (Å²) < 4.78 is 5.06. The van der Waals surface area contributed by atoms with Crippen LogP contribution in [0.2, 0.25) is 5.02 Å². The van der Waals surface area contributed by atoms with Gasteiger partial charge in [0, 0.05) is 49.1 Å². The Kier molecular flexibility index (Phi) is 6.67. The van der Waals surface area contributed by atoms with Crippen molar-refractivity contribution in [3.8, 4) is 0 Å². The first-order valence-electron chi connectivity index (χ1n) is 10.6. The molecule has 2 amide bonds. The Bertz CT molecular complexity index is 1030. The normalized spacial score (nSPS) is 19.4. The molecule has 2 N–H and O–H groups in total. The molecule has 2 aliphatic heterocycles. The summed E-state index contributed by atoms with van der Waals surface area (Å²) >= 11 is 6.15. The number of nitrogens with zero attached hydrogens (tertiary/aromatic N) is 2. The first-order chi connectivity index (χ1) is 15.4. The van der Waals surface area contributed by atoms with Crippen LogP contribution in [0.3, 0.4) is 0 Å². The maximum Gasteiger partial charge on any atom is 0.338 e. The maximum absolute atomic E-state index is 12.7. The molecule has 7 nitrogen and oxygen atoms in total. The van der Waals surface area contributed by atoms with Gasteiger partial charge >= 0.3 is 12.0 Å². The van der Waals surface area contributed by atoms with Crippen molar-refractivity contribution in [3.63, 3.8) is 0 Å². The smallest absolute Gasteiger partial charge is 0.338 e. The number of ether oxygens (including phenoxy) is 1. The van der Waals surface area contributed by atoms with E-state index in [0.717, 1.165) is 31.7 Å². The Balaban J connectivity index is 1.54. The van der Waals surface area contributed by atoms with E-state index in [2.05, 4.69) is 51.6 Å². The van der Waals surface area contributed by atoms with Gasteiger partial charge in [-0.15, -0.1) is 0 Å². The summed E-state index contributed by atoms with van der Waals surface area (Å²) in [5, 5.41) is 6.20. The van der Waals surface area contributed by atoms with Crippen LogP contribution in [0.15, 0.2) is 59.8 Å². The number of aryl methyl sites for hydroxylation is 1. The molecule has 1 atom stereocenters. The third-order valence-corrected chi connectivity index (χ3v) is 6.13. The van der Waals surface area contributed by atoms with Gasteiger partial charge in [0.2, 0.25) is 0 Å². The molecule has 168 valence electrons. The van der Waals surface area contributed by atoms with Crippen molar-refractivity contribution >= 4 is 29.3 Å². The summed E-state index contributed by atoms with van der Waals surface area (Å²) in [6.45, 7) is 5.91. The number of esters is 1. The lowest BCUT2D eigenvalue weighted by molar-refractivity contribution is -0.136. The van der Waals surface area contributed by atoms with Gasteiger partial charge in [0.25, 0.3) is 0 Å². The maximum atomic E-state index is 12.7. The molecule has 0 aliphatic carbocycles. The van der Waals surface area contributed by atoms with E-state index in [1.807, 2.05) is 6.07 Å². The highest BCUT2D eigenvalue weighted by molar-refractivity contribution is 6.30. The minimum atomic E-state index is -0.626. The molecule has 0 spiro atoms. The Morgan fingerprint density at radius 2 is 1.84 bits per heavy atom. The van der Waals surface area contributed by atoms with Crippen molar-refractivity contribution in [2.75, 3.05) is 44.7 Å². The number of halogens is 1. The number of methoxy groups -OCH3 is 1. The van der Waals surface area contributed by atoms with Crippen molar-refractivity contribution in [2.45, 2.75) is 13.0 Å². The predicted molar refractivity (Wildman–Crippen MR) is 125 cm³/mol. The highest BCUT2D eigenvalue weighted by atomic mass is 35.5. The topological polar surface area (TPSA) is 73.9 Å². The largest absolute Gasteiger partial charge is 0.466 e. The van der Waals surface area contributed by atoms with E-state index in [4.69, 9.17) is 16.3 Å². The molecule has 0 saturated carbocycles. The van der Waals surface area contributed by atoms with Crippen molar-refractivity contribution < 1.29 is 14.3 Å². The average molecular weight is 455 g/mol. The second-order valence-corrected chi connectivity index (χ2v) is 8.51. The average Bonchev–Trinajstić information content (AvgIpc) is 2.79. The second-order valence-electron chi connectivity index (χ2n) is 8.07. The number of carbonyl (C=O) groups is 2. The molecule has 4 rings (SSSR count). The Morgan fingerprint density at radius 1 is 1.12 bits per heavy atom. The van der Waals surface area contributed by atoms with E-state index in [-0.39, 0.29) is 6.03 Å². The van der Waals surface area contributed by atoms with E-state index in [1.54, 1.807) is 18.2 Å². The van der Waals surface area contributed by atoms with Gasteiger partial charge in [-0.25, -0.2) is 9.59 Å². The Hall–Kier alpha value is -3.03. The number of piperazine rings is 1. The SMILES string of the molecule is COC(=O)C1=C(CN2CCN(c3ccc(C)cc3)CC2)NC(=O)N[C@H]1c1cccc(Cl)c1. The molecule has 0 unspecified atom stereocenters. The summed E-state index contributed by atoms with van der Waals surface area (Å²) in [6.07, 6.45) is 0. The van der Waals surface area contributed by atoms with E-state index in [0.29, 0.717) is 22.8 Å². The van der Waals surface area contributed by atoms with Gasteiger partial charge in [0.1, 0.15) is 0 Å². The second kappa shape index (κ2) is 9.63. The van der Waals surface area contributed by atoms with Gasteiger partial charge in [-0.05, 0) is 36.8 Å². The van der Waals surface area contributed by atoms with Crippen molar-refractivity contribution in [1.29, 1.82) is 0 Å². The Labute approximate surface area is 193 Å². The van der Waals surface area contributed by atoms with Crippen LogP contribution in [0.25, 0.3) is 0 Å². The quantitative estimate of drug-likeness (QED) is 0.678. The van der Waals surface area contributed by atoms with Gasteiger partial charge in [0.05, 0.1) is 18.7 Å². The fourth-order valence-corrected chi connectivity index (χ4v) is 4.37. The molecule has 1 saturated heterocycles. The third kappa shape index (κ3) is 4.89. The van der Waals surface area contributed by atoms with Crippen molar-refractivity contribution in [3.05, 3.63) is 76.0 Å². The van der Waals surface area contributed by atoms with E-state index in [9.17, 15) is 9.59 Å². The summed E-state index contributed by atoms with van der Waals surface area (Å²) in [4.78, 5) is 29.8. The van der Waals surface area contributed by atoms with Crippen LogP contribution in [0.4, 0.5) is 10.5 Å². The number of hydrogen-bond donors (Lipinski definition) is 2. The summed E-state index contributed by atoms with van der Waals surface area (Å²) in [6, 6.07) is 14.7.